The summed E-state index contributed by atoms with van der Waals surface area (Å²) in [6, 6.07) is 0. The maximum absolute atomic E-state index is 11.9. The summed E-state index contributed by atoms with van der Waals surface area (Å²) in [5.74, 6) is 0. The highest BCUT2D eigenvalue weighted by Crippen LogP contribution is 2.25. The molecule has 0 aromatic carbocycles. The van der Waals surface area contributed by atoms with Crippen molar-refractivity contribution in [1.82, 2.24) is 0 Å². The molecule has 0 nitrogen and oxygen atoms in total. The molecule has 1 atom stereocenters. The Hall–Kier alpha value is 1.25. The largest absolute Gasteiger partial charge is 0.389 e. The molecule has 0 fully saturated rings. The third-order valence-electron chi connectivity index (χ3n) is 2.54. The highest BCUT2D eigenvalue weighted by atomic mass is 127. The van der Waals surface area contributed by atoms with Gasteiger partial charge in [-0.2, -0.15) is 13.2 Å². The lowest BCUT2D eigenvalue weighted by atomic mass is 10.1. The van der Waals surface area contributed by atoms with Crippen LogP contribution in [0.1, 0.15) is 71.6 Å². The van der Waals surface area contributed by atoms with Crippen LogP contribution in [0, 0.1) is 0 Å². The minimum atomic E-state index is -3.97. The molecule has 0 aliphatic rings. The molecule has 0 rings (SSSR count). The Kier molecular flexibility index (Phi) is 18.5. The van der Waals surface area contributed by atoms with E-state index >= 15 is 0 Å². The van der Waals surface area contributed by atoms with Crippen molar-refractivity contribution in [3.05, 3.63) is 0 Å². The highest BCUT2D eigenvalue weighted by molar-refractivity contribution is 14.1. The van der Waals surface area contributed by atoms with E-state index in [1.165, 1.54) is 30.1 Å². The number of unbranched alkanes of at least 4 members (excludes halogenated alkanes) is 3. The van der Waals surface area contributed by atoms with E-state index in [4.69, 9.17) is 0 Å². The summed E-state index contributed by atoms with van der Waals surface area (Å²) < 4.78 is 37.3. The molecule has 5 heteroatoms. The summed E-state index contributed by atoms with van der Waals surface area (Å²) in [4.78, 5) is 0. The molecule has 0 amide bonds. The zero-order valence-electron chi connectivity index (χ0n) is 12.0. The van der Waals surface area contributed by atoms with Crippen LogP contribution in [0.4, 0.5) is 13.2 Å². The molecule has 0 spiro atoms. The minimum Gasteiger partial charge on any atom is -0.171 e. The molecule has 0 bridgehead atoms. The van der Waals surface area contributed by atoms with Gasteiger partial charge in [-0.25, -0.2) is 0 Å². The van der Waals surface area contributed by atoms with Crippen LogP contribution in [0.5, 0.6) is 0 Å². The van der Waals surface area contributed by atoms with E-state index in [2.05, 4.69) is 59.0 Å². The summed E-state index contributed by atoms with van der Waals surface area (Å²) in [6.45, 7) is 4.33. The van der Waals surface area contributed by atoms with Crippen LogP contribution in [0.3, 0.4) is 0 Å². The van der Waals surface area contributed by atoms with E-state index in [1.54, 1.807) is 0 Å². The molecule has 0 radical (unpaired) electrons. The van der Waals surface area contributed by atoms with E-state index in [0.29, 0.717) is 10.3 Å². The van der Waals surface area contributed by atoms with Gasteiger partial charge < -0.3 is 0 Å². The predicted molar refractivity (Wildman–Crippen MR) is 95.7 cm³/mol. The van der Waals surface area contributed by atoms with Gasteiger partial charge in [-0.05, 0) is 30.1 Å². The Morgan fingerprint density at radius 2 is 1.42 bits per heavy atom. The Labute approximate surface area is 144 Å². The van der Waals surface area contributed by atoms with E-state index in [0.717, 1.165) is 12.8 Å². The molecule has 19 heavy (non-hydrogen) atoms. The molecule has 0 saturated heterocycles. The van der Waals surface area contributed by atoms with Crippen molar-refractivity contribution >= 4 is 45.2 Å². The highest BCUT2D eigenvalue weighted by Gasteiger charge is 2.26. The molecule has 0 aromatic rings. The second kappa shape index (κ2) is 15.6. The number of hydrogen-bond acceptors (Lipinski definition) is 0. The van der Waals surface area contributed by atoms with Crippen molar-refractivity contribution in [2.24, 2.45) is 0 Å². The van der Waals surface area contributed by atoms with Crippen molar-refractivity contribution in [3.63, 3.8) is 0 Å². The number of alkyl halides is 5. The normalized spacial score (nSPS) is 12.8. The van der Waals surface area contributed by atoms with Crippen molar-refractivity contribution in [1.29, 1.82) is 0 Å². The fourth-order valence-corrected chi connectivity index (χ4v) is 2.34. The lowest BCUT2D eigenvalue weighted by molar-refractivity contribution is -0.135. The molecule has 0 heterocycles. The number of halogens is 5. The molecule has 118 valence electrons. The first-order chi connectivity index (χ1) is 8.87. The topological polar surface area (TPSA) is 0 Å². The lowest BCUT2D eigenvalue weighted by Gasteiger charge is -2.10. The first kappa shape index (κ1) is 22.5. The predicted octanol–water partition coefficient (Wildman–Crippen LogP) is 7.32. The first-order valence-electron chi connectivity index (χ1n) is 7.14. The fraction of sp³-hybridized carbons (Fsp3) is 1.00. The van der Waals surface area contributed by atoms with Gasteiger partial charge in [0.25, 0.3) is 0 Å². The van der Waals surface area contributed by atoms with Gasteiger partial charge in [-0.3, -0.25) is 0 Å². The van der Waals surface area contributed by atoms with E-state index in [9.17, 15) is 13.2 Å². The summed E-state index contributed by atoms with van der Waals surface area (Å²) in [7, 11) is 0. The summed E-state index contributed by atoms with van der Waals surface area (Å²) in [6.07, 6.45) is 3.59. The molecule has 0 aromatic heterocycles. The second-order valence-corrected chi connectivity index (χ2v) is 7.48. The quantitative estimate of drug-likeness (QED) is 0.175. The van der Waals surface area contributed by atoms with Gasteiger partial charge in [0.05, 0.1) is 0 Å². The Bertz CT molecular complexity index is 171. The Morgan fingerprint density at radius 1 is 0.895 bits per heavy atom. The van der Waals surface area contributed by atoms with Gasteiger partial charge in [0.15, 0.2) is 0 Å². The second-order valence-electron chi connectivity index (χ2n) is 4.64. The monoisotopic (exact) mass is 506 g/mol. The van der Waals surface area contributed by atoms with Crippen molar-refractivity contribution in [3.8, 4) is 0 Å². The molecular formula is C14H27F3I2. The van der Waals surface area contributed by atoms with Crippen LogP contribution in [0.15, 0.2) is 0 Å². The molecular weight excluding hydrogens is 479 g/mol. The minimum absolute atomic E-state index is 0.283. The van der Waals surface area contributed by atoms with E-state index in [-0.39, 0.29) is 6.42 Å². The number of rotatable bonds is 9. The zero-order chi connectivity index (χ0) is 15.1. The van der Waals surface area contributed by atoms with Gasteiger partial charge in [0, 0.05) is 10.3 Å². The van der Waals surface area contributed by atoms with Gasteiger partial charge in [0.2, 0.25) is 0 Å². The number of hydrogen-bond donors (Lipinski definition) is 0. The molecule has 0 aliphatic heterocycles. The standard InChI is InChI=1S/C11H20F3I.C3H7I/c1-2-3-4-5-7-10(15)8-6-9-11(12,13)14;1-2-3-4/h10H,2-9H2,1H3;2-3H2,1H3. The van der Waals surface area contributed by atoms with Crippen molar-refractivity contribution in [2.45, 2.75) is 81.7 Å². The van der Waals surface area contributed by atoms with Gasteiger partial charge in [-0.1, -0.05) is 84.7 Å². The van der Waals surface area contributed by atoms with Crippen molar-refractivity contribution in [2.75, 3.05) is 4.43 Å². The smallest absolute Gasteiger partial charge is 0.171 e. The maximum Gasteiger partial charge on any atom is 0.389 e. The maximum atomic E-state index is 11.9. The van der Waals surface area contributed by atoms with Crippen LogP contribution in [-0.4, -0.2) is 14.5 Å². The van der Waals surface area contributed by atoms with E-state index in [1.807, 2.05) is 0 Å². The Balaban J connectivity index is 0. The zero-order valence-corrected chi connectivity index (χ0v) is 16.4. The first-order valence-corrected chi connectivity index (χ1v) is 9.91. The van der Waals surface area contributed by atoms with Crippen LogP contribution in [0.25, 0.3) is 0 Å². The molecule has 1 unspecified atom stereocenters. The molecule has 0 N–H and O–H groups in total. The van der Waals surface area contributed by atoms with Gasteiger partial charge in [-0.15, -0.1) is 0 Å². The van der Waals surface area contributed by atoms with E-state index < -0.39 is 12.6 Å². The van der Waals surface area contributed by atoms with Crippen LogP contribution in [0.2, 0.25) is 0 Å². The molecule has 0 saturated carbocycles. The van der Waals surface area contributed by atoms with Crippen LogP contribution >= 0.6 is 45.2 Å². The summed E-state index contributed by atoms with van der Waals surface area (Å²) in [5, 5.41) is 0. The van der Waals surface area contributed by atoms with Crippen LogP contribution < -0.4 is 0 Å². The summed E-state index contributed by atoms with van der Waals surface area (Å²) in [5.41, 5.74) is 0. The van der Waals surface area contributed by atoms with Gasteiger partial charge in [0.1, 0.15) is 0 Å². The average Bonchev–Trinajstić information content (AvgIpc) is 2.33. The molecule has 0 aliphatic carbocycles. The fourth-order valence-electron chi connectivity index (χ4n) is 1.46. The van der Waals surface area contributed by atoms with Crippen molar-refractivity contribution < 1.29 is 13.2 Å². The van der Waals surface area contributed by atoms with Crippen LogP contribution in [-0.2, 0) is 0 Å². The lowest BCUT2D eigenvalue weighted by Crippen LogP contribution is -2.08. The van der Waals surface area contributed by atoms with Gasteiger partial charge >= 0.3 is 6.18 Å². The average molecular weight is 506 g/mol. The SMILES string of the molecule is CCCCCCC(I)CCCC(F)(F)F.CCCI. The summed E-state index contributed by atoms with van der Waals surface area (Å²) >= 11 is 4.63. The third-order valence-corrected chi connectivity index (χ3v) is 4.86. The third kappa shape index (κ3) is 24.6. The Morgan fingerprint density at radius 3 is 1.84 bits per heavy atom.